The summed E-state index contributed by atoms with van der Waals surface area (Å²) in [4.78, 5) is 0. The predicted molar refractivity (Wildman–Crippen MR) is 113 cm³/mol. The molecule has 3 aromatic carbocycles. The summed E-state index contributed by atoms with van der Waals surface area (Å²) in [7, 11) is 0. The van der Waals surface area contributed by atoms with Crippen LogP contribution in [0, 0.1) is 0 Å². The number of benzene rings is 3. The van der Waals surface area contributed by atoms with Crippen LogP contribution in [0.25, 0.3) is 0 Å². The molecule has 0 radical (unpaired) electrons. The van der Waals surface area contributed by atoms with Crippen LogP contribution in [0.1, 0.15) is 16.7 Å². The van der Waals surface area contributed by atoms with Gasteiger partial charge >= 0.3 is 0 Å². The van der Waals surface area contributed by atoms with E-state index in [1.807, 2.05) is 54.6 Å². The van der Waals surface area contributed by atoms with Gasteiger partial charge in [0.1, 0.15) is 12.4 Å². The first kappa shape index (κ1) is 19.6. The molecule has 0 spiro atoms. The molecular formula is C21H17Cl3N2O. The van der Waals surface area contributed by atoms with Gasteiger partial charge in [-0.2, -0.15) is 5.10 Å². The second-order valence-electron chi connectivity index (χ2n) is 5.78. The molecule has 0 unspecified atom stereocenters. The summed E-state index contributed by atoms with van der Waals surface area (Å²) in [6, 6.07) is 20.7. The third-order valence-electron chi connectivity index (χ3n) is 3.82. The Morgan fingerprint density at radius 3 is 2.37 bits per heavy atom. The molecule has 0 heterocycles. The van der Waals surface area contributed by atoms with Gasteiger partial charge in [0.05, 0.1) is 12.8 Å². The van der Waals surface area contributed by atoms with Crippen molar-refractivity contribution in [3.05, 3.63) is 98.5 Å². The molecule has 6 heteroatoms. The van der Waals surface area contributed by atoms with Gasteiger partial charge in [-0.15, -0.1) is 0 Å². The van der Waals surface area contributed by atoms with Crippen molar-refractivity contribution in [3.8, 4) is 5.75 Å². The van der Waals surface area contributed by atoms with Crippen molar-refractivity contribution in [2.75, 3.05) is 0 Å². The van der Waals surface area contributed by atoms with E-state index < -0.39 is 0 Å². The fraction of sp³-hybridized carbons (Fsp3) is 0.0952. The standard InChI is InChI=1S/C21H17Cl3N2O/c22-18-8-7-17(21(24)11-18)14-27-19-9-5-15(6-10-19)12-25-26-13-16-3-1-2-4-20(16)23/h1-12,26H,13-14H2/b25-12-. The van der Waals surface area contributed by atoms with E-state index in [0.717, 1.165) is 27.5 Å². The van der Waals surface area contributed by atoms with Crippen molar-refractivity contribution in [1.82, 2.24) is 5.43 Å². The molecule has 0 fully saturated rings. The minimum Gasteiger partial charge on any atom is -0.489 e. The lowest BCUT2D eigenvalue weighted by atomic mass is 10.2. The average molecular weight is 420 g/mol. The van der Waals surface area contributed by atoms with Crippen molar-refractivity contribution in [3.63, 3.8) is 0 Å². The van der Waals surface area contributed by atoms with E-state index in [2.05, 4.69) is 10.5 Å². The summed E-state index contributed by atoms with van der Waals surface area (Å²) in [5.74, 6) is 0.752. The third kappa shape index (κ3) is 5.90. The first-order valence-corrected chi connectivity index (χ1v) is 9.41. The fourth-order valence-corrected chi connectivity index (χ4v) is 3.01. The van der Waals surface area contributed by atoms with Gasteiger partial charge in [0.15, 0.2) is 0 Å². The first-order valence-electron chi connectivity index (χ1n) is 8.28. The van der Waals surface area contributed by atoms with E-state index in [9.17, 15) is 0 Å². The van der Waals surface area contributed by atoms with Crippen LogP contribution in [0.2, 0.25) is 15.1 Å². The van der Waals surface area contributed by atoms with Gasteiger partial charge < -0.3 is 10.2 Å². The minimum atomic E-state index is 0.378. The van der Waals surface area contributed by atoms with Crippen LogP contribution >= 0.6 is 34.8 Å². The Bertz CT molecular complexity index is 927. The minimum absolute atomic E-state index is 0.378. The Kier molecular flexibility index (Phi) is 6.99. The Hall–Kier alpha value is -2.20. The van der Waals surface area contributed by atoms with E-state index in [0.29, 0.717) is 23.2 Å². The zero-order valence-corrected chi connectivity index (χ0v) is 16.6. The van der Waals surface area contributed by atoms with Crippen LogP contribution < -0.4 is 10.2 Å². The van der Waals surface area contributed by atoms with Crippen molar-refractivity contribution in [2.45, 2.75) is 13.2 Å². The molecule has 27 heavy (non-hydrogen) atoms. The highest BCUT2D eigenvalue weighted by Gasteiger charge is 2.03. The van der Waals surface area contributed by atoms with Crippen molar-refractivity contribution in [1.29, 1.82) is 0 Å². The second kappa shape index (κ2) is 9.65. The molecule has 138 valence electrons. The molecule has 0 saturated heterocycles. The van der Waals surface area contributed by atoms with Crippen molar-refractivity contribution in [2.24, 2.45) is 5.10 Å². The number of nitrogens with zero attached hydrogens (tertiary/aromatic N) is 1. The first-order chi connectivity index (χ1) is 13.1. The fourth-order valence-electron chi connectivity index (χ4n) is 2.34. The van der Waals surface area contributed by atoms with Gasteiger partial charge in [-0.1, -0.05) is 59.1 Å². The summed E-state index contributed by atoms with van der Waals surface area (Å²) in [6.45, 7) is 0.946. The van der Waals surface area contributed by atoms with Crippen LogP contribution in [0.15, 0.2) is 71.8 Å². The number of nitrogens with one attached hydrogen (secondary N) is 1. The smallest absolute Gasteiger partial charge is 0.119 e. The van der Waals surface area contributed by atoms with Crippen molar-refractivity contribution < 1.29 is 4.74 Å². The second-order valence-corrected chi connectivity index (χ2v) is 7.03. The summed E-state index contributed by atoms with van der Waals surface area (Å²) in [5.41, 5.74) is 5.83. The van der Waals surface area contributed by atoms with Gasteiger partial charge in [-0.25, -0.2) is 0 Å². The Morgan fingerprint density at radius 1 is 0.852 bits per heavy atom. The highest BCUT2D eigenvalue weighted by molar-refractivity contribution is 6.35. The van der Waals surface area contributed by atoms with Crippen molar-refractivity contribution >= 4 is 41.0 Å². The quantitative estimate of drug-likeness (QED) is 0.357. The topological polar surface area (TPSA) is 33.6 Å². The molecule has 3 rings (SSSR count). The van der Waals surface area contributed by atoms with E-state index >= 15 is 0 Å². The maximum absolute atomic E-state index is 6.15. The van der Waals surface area contributed by atoms with Crippen LogP contribution in [0.4, 0.5) is 0 Å². The number of rotatable bonds is 7. The summed E-state index contributed by atoms with van der Waals surface area (Å²) in [6.07, 6.45) is 1.75. The van der Waals surface area contributed by atoms with Crippen LogP contribution in [0.3, 0.4) is 0 Å². The highest BCUT2D eigenvalue weighted by atomic mass is 35.5. The van der Waals surface area contributed by atoms with Gasteiger partial charge in [-0.05, 0) is 53.6 Å². The largest absolute Gasteiger partial charge is 0.489 e. The van der Waals surface area contributed by atoms with E-state index in [1.54, 1.807) is 18.3 Å². The Labute approximate surface area is 173 Å². The maximum Gasteiger partial charge on any atom is 0.119 e. The predicted octanol–water partition coefficient (Wildman–Crippen LogP) is 6.35. The monoisotopic (exact) mass is 418 g/mol. The molecule has 3 nitrogen and oxygen atoms in total. The number of halogens is 3. The molecule has 0 aromatic heterocycles. The number of hydrogen-bond acceptors (Lipinski definition) is 3. The lowest BCUT2D eigenvalue weighted by Gasteiger charge is -2.08. The Morgan fingerprint density at radius 2 is 1.63 bits per heavy atom. The zero-order valence-electron chi connectivity index (χ0n) is 14.3. The maximum atomic E-state index is 6.15. The number of hydrazone groups is 1. The van der Waals surface area contributed by atoms with E-state index in [4.69, 9.17) is 39.5 Å². The van der Waals surface area contributed by atoms with Gasteiger partial charge in [0, 0.05) is 20.6 Å². The van der Waals surface area contributed by atoms with E-state index in [1.165, 1.54) is 0 Å². The molecule has 0 amide bonds. The normalized spacial score (nSPS) is 10.9. The molecule has 0 saturated carbocycles. The summed E-state index contributed by atoms with van der Waals surface area (Å²) >= 11 is 18.2. The van der Waals surface area contributed by atoms with Crippen LogP contribution in [-0.4, -0.2) is 6.21 Å². The molecule has 0 atom stereocenters. The molecule has 0 aliphatic carbocycles. The summed E-state index contributed by atoms with van der Waals surface area (Å²) < 4.78 is 5.76. The SMILES string of the molecule is Clc1ccc(COc2ccc(/C=N\NCc3ccccc3Cl)cc2)c(Cl)c1. The molecular weight excluding hydrogens is 403 g/mol. The van der Waals surface area contributed by atoms with Gasteiger partial charge in [-0.3, -0.25) is 0 Å². The third-order valence-corrected chi connectivity index (χ3v) is 4.78. The molecule has 0 aliphatic rings. The summed E-state index contributed by atoms with van der Waals surface area (Å²) in [5, 5.41) is 6.14. The zero-order chi connectivity index (χ0) is 19.1. The van der Waals surface area contributed by atoms with Gasteiger partial charge in [0.25, 0.3) is 0 Å². The average Bonchev–Trinajstić information content (AvgIpc) is 2.67. The molecule has 0 bridgehead atoms. The highest BCUT2D eigenvalue weighted by Crippen LogP contribution is 2.22. The van der Waals surface area contributed by atoms with Crippen LogP contribution in [0.5, 0.6) is 5.75 Å². The number of ether oxygens (including phenoxy) is 1. The number of hydrogen-bond donors (Lipinski definition) is 1. The van der Waals surface area contributed by atoms with Gasteiger partial charge in [0.2, 0.25) is 0 Å². The van der Waals surface area contributed by atoms with Crippen LogP contribution in [-0.2, 0) is 13.2 Å². The van der Waals surface area contributed by atoms with E-state index in [-0.39, 0.29) is 0 Å². The molecule has 3 aromatic rings. The lowest BCUT2D eigenvalue weighted by molar-refractivity contribution is 0.306. The Balaban J connectivity index is 1.50. The molecule has 0 aliphatic heterocycles. The molecule has 1 N–H and O–H groups in total. The lowest BCUT2D eigenvalue weighted by Crippen LogP contribution is -2.05.